The third kappa shape index (κ3) is 3.30. The molecule has 17 heavy (non-hydrogen) atoms. The molecule has 4 heteroatoms. The fourth-order valence-electron chi connectivity index (χ4n) is 2.28. The van der Waals surface area contributed by atoms with Crippen LogP contribution in [0.25, 0.3) is 0 Å². The van der Waals surface area contributed by atoms with Crippen molar-refractivity contribution in [1.82, 2.24) is 4.90 Å². The Kier molecular flexibility index (Phi) is 4.18. The predicted molar refractivity (Wildman–Crippen MR) is 74.3 cm³/mol. The van der Waals surface area contributed by atoms with E-state index in [1.165, 1.54) is 12.8 Å². The number of likely N-dealkylation sites (tertiary alicyclic amines) is 1. The van der Waals surface area contributed by atoms with Gasteiger partial charge in [0.2, 0.25) is 0 Å². The van der Waals surface area contributed by atoms with Gasteiger partial charge in [-0.1, -0.05) is 0 Å². The molecule has 1 aliphatic heterocycles. The molecule has 1 saturated heterocycles. The summed E-state index contributed by atoms with van der Waals surface area (Å²) in [7, 11) is 0. The Morgan fingerprint density at radius 2 is 2.12 bits per heavy atom. The van der Waals surface area contributed by atoms with Crippen molar-refractivity contribution in [2.45, 2.75) is 24.6 Å². The first-order valence-corrected chi connectivity index (χ1v) is 7.30. The summed E-state index contributed by atoms with van der Waals surface area (Å²) in [5.41, 5.74) is 7.40. The third-order valence-electron chi connectivity index (χ3n) is 3.37. The molecule has 0 atom stereocenters. The normalized spacial score (nSPS) is 18.4. The molecule has 0 radical (unpaired) electrons. The van der Waals surface area contributed by atoms with Gasteiger partial charge in [-0.25, -0.2) is 0 Å². The molecule has 0 bridgehead atoms. The topological polar surface area (TPSA) is 49.5 Å². The van der Waals surface area contributed by atoms with Crippen molar-refractivity contribution in [3.63, 3.8) is 0 Å². The fourth-order valence-corrected chi connectivity index (χ4v) is 2.96. The second-order valence-corrected chi connectivity index (χ2v) is 5.74. The molecule has 1 aliphatic rings. The highest BCUT2D eigenvalue weighted by Gasteiger charge is 2.19. The van der Waals surface area contributed by atoms with Crippen molar-refractivity contribution in [2.75, 3.05) is 25.1 Å². The molecule has 1 fully saturated rings. The van der Waals surface area contributed by atoms with E-state index < -0.39 is 0 Å². The summed E-state index contributed by atoms with van der Waals surface area (Å²) in [4.78, 5) is 2.39. The lowest BCUT2D eigenvalue weighted by Gasteiger charge is -2.31. The second kappa shape index (κ2) is 5.65. The minimum atomic E-state index is 0.353. The molecule has 0 amide bonds. The highest BCUT2D eigenvalue weighted by Crippen LogP contribution is 2.25. The maximum absolute atomic E-state index is 9.78. The largest absolute Gasteiger partial charge is 0.508 e. The molecule has 0 unspecified atom stereocenters. The lowest BCUT2D eigenvalue weighted by molar-refractivity contribution is 0.222. The van der Waals surface area contributed by atoms with Crippen molar-refractivity contribution in [2.24, 2.45) is 0 Å². The number of nitrogens with two attached hydrogens (primary N) is 1. The van der Waals surface area contributed by atoms with Crippen LogP contribution in [0, 0.1) is 0 Å². The molecule has 0 spiro atoms. The van der Waals surface area contributed by atoms with Crippen LogP contribution in [-0.4, -0.2) is 34.6 Å². The smallest absolute Gasteiger partial charge is 0.120 e. The van der Waals surface area contributed by atoms with Crippen LogP contribution in [0.1, 0.15) is 18.4 Å². The number of piperidine rings is 1. The van der Waals surface area contributed by atoms with Gasteiger partial charge in [0.15, 0.2) is 0 Å². The molecule has 1 aromatic carbocycles. The number of aromatic hydroxyl groups is 1. The van der Waals surface area contributed by atoms with E-state index >= 15 is 0 Å². The first kappa shape index (κ1) is 12.6. The van der Waals surface area contributed by atoms with Crippen LogP contribution in [0.3, 0.4) is 0 Å². The molecule has 3 N–H and O–H groups in total. The summed E-state index contributed by atoms with van der Waals surface area (Å²) >= 11 is 1.96. The summed E-state index contributed by atoms with van der Waals surface area (Å²) in [6.07, 6.45) is 4.67. The van der Waals surface area contributed by atoms with Crippen molar-refractivity contribution >= 4 is 17.4 Å². The van der Waals surface area contributed by atoms with Gasteiger partial charge in [0, 0.05) is 23.0 Å². The number of phenolic OH excluding ortho intramolecular Hbond substituents is 1. The summed E-state index contributed by atoms with van der Waals surface area (Å²) in [6, 6.07) is 5.29. The van der Waals surface area contributed by atoms with Crippen LogP contribution in [-0.2, 0) is 6.54 Å². The average molecular weight is 252 g/mol. The molecule has 1 aromatic rings. The number of anilines is 1. The van der Waals surface area contributed by atoms with Crippen LogP contribution in [0.15, 0.2) is 18.2 Å². The van der Waals surface area contributed by atoms with E-state index in [4.69, 9.17) is 5.73 Å². The van der Waals surface area contributed by atoms with Crippen molar-refractivity contribution in [3.8, 4) is 5.75 Å². The Morgan fingerprint density at radius 1 is 1.41 bits per heavy atom. The minimum absolute atomic E-state index is 0.353. The molecule has 1 heterocycles. The monoisotopic (exact) mass is 252 g/mol. The summed E-state index contributed by atoms with van der Waals surface area (Å²) in [5, 5.41) is 10.6. The van der Waals surface area contributed by atoms with E-state index in [-0.39, 0.29) is 0 Å². The average Bonchev–Trinajstić information content (AvgIpc) is 2.35. The Morgan fingerprint density at radius 3 is 2.76 bits per heavy atom. The number of nitrogens with zero attached hydrogens (tertiary/aromatic N) is 1. The first-order valence-electron chi connectivity index (χ1n) is 6.01. The number of hydrogen-bond donors (Lipinski definition) is 2. The Bertz CT molecular complexity index is 376. The number of nitrogen functional groups attached to an aromatic ring is 1. The quantitative estimate of drug-likeness (QED) is 0.640. The number of hydrogen-bond acceptors (Lipinski definition) is 4. The van der Waals surface area contributed by atoms with Crippen LogP contribution in [0.4, 0.5) is 5.69 Å². The maximum atomic E-state index is 9.78. The van der Waals surface area contributed by atoms with Gasteiger partial charge in [0.1, 0.15) is 5.75 Å². The molecular weight excluding hydrogens is 232 g/mol. The van der Waals surface area contributed by atoms with Crippen molar-refractivity contribution in [3.05, 3.63) is 23.8 Å². The molecule has 0 saturated carbocycles. The standard InChI is InChI=1S/C13H20N2OS/c1-17-12-4-6-15(7-5-12)9-10-8-11(14)2-3-13(10)16/h2-3,8,12,16H,4-7,9,14H2,1H3. The molecule has 0 aromatic heterocycles. The van der Waals surface area contributed by atoms with Gasteiger partial charge in [-0.3, -0.25) is 4.90 Å². The maximum Gasteiger partial charge on any atom is 0.120 e. The van der Waals surface area contributed by atoms with E-state index in [1.807, 2.05) is 17.8 Å². The van der Waals surface area contributed by atoms with E-state index in [1.54, 1.807) is 12.1 Å². The zero-order valence-electron chi connectivity index (χ0n) is 10.2. The molecule has 94 valence electrons. The van der Waals surface area contributed by atoms with Crippen LogP contribution in [0.5, 0.6) is 5.75 Å². The predicted octanol–water partition coefficient (Wildman–Crippen LogP) is 2.30. The van der Waals surface area contributed by atoms with Crippen molar-refractivity contribution < 1.29 is 5.11 Å². The number of benzene rings is 1. The Labute approximate surface area is 107 Å². The van der Waals surface area contributed by atoms with Crippen LogP contribution < -0.4 is 5.73 Å². The van der Waals surface area contributed by atoms with E-state index in [9.17, 15) is 5.11 Å². The Balaban J connectivity index is 1.95. The Hall–Kier alpha value is -0.870. The van der Waals surface area contributed by atoms with Gasteiger partial charge < -0.3 is 10.8 Å². The van der Waals surface area contributed by atoms with Crippen molar-refractivity contribution in [1.29, 1.82) is 0 Å². The van der Waals surface area contributed by atoms with Crippen LogP contribution >= 0.6 is 11.8 Å². The number of thioether (sulfide) groups is 1. The summed E-state index contributed by atoms with van der Waals surface area (Å²) in [6.45, 7) is 3.03. The SMILES string of the molecule is CSC1CCN(Cc2cc(N)ccc2O)CC1. The zero-order valence-corrected chi connectivity index (χ0v) is 11.0. The lowest BCUT2D eigenvalue weighted by Crippen LogP contribution is -2.34. The summed E-state index contributed by atoms with van der Waals surface area (Å²) < 4.78 is 0. The highest BCUT2D eigenvalue weighted by molar-refractivity contribution is 7.99. The summed E-state index contributed by atoms with van der Waals surface area (Å²) in [5.74, 6) is 0.353. The van der Waals surface area contributed by atoms with E-state index in [2.05, 4.69) is 11.2 Å². The number of phenols is 1. The van der Waals surface area contributed by atoms with E-state index in [0.717, 1.165) is 36.1 Å². The van der Waals surface area contributed by atoms with Crippen LogP contribution in [0.2, 0.25) is 0 Å². The molecule has 0 aliphatic carbocycles. The fraction of sp³-hybridized carbons (Fsp3) is 0.538. The number of rotatable bonds is 3. The van der Waals surface area contributed by atoms with Gasteiger partial charge >= 0.3 is 0 Å². The molecule has 3 nitrogen and oxygen atoms in total. The minimum Gasteiger partial charge on any atom is -0.508 e. The van der Waals surface area contributed by atoms with Gasteiger partial charge in [-0.15, -0.1) is 0 Å². The molecular formula is C13H20N2OS. The van der Waals surface area contributed by atoms with Gasteiger partial charge in [-0.2, -0.15) is 11.8 Å². The van der Waals surface area contributed by atoms with Gasteiger partial charge in [0.25, 0.3) is 0 Å². The highest BCUT2D eigenvalue weighted by atomic mass is 32.2. The third-order valence-corrected chi connectivity index (χ3v) is 4.50. The van der Waals surface area contributed by atoms with Gasteiger partial charge in [0.05, 0.1) is 0 Å². The first-order chi connectivity index (χ1) is 8.19. The lowest BCUT2D eigenvalue weighted by atomic mass is 10.1. The van der Waals surface area contributed by atoms with E-state index in [0.29, 0.717) is 5.75 Å². The second-order valence-electron chi connectivity index (χ2n) is 4.60. The van der Waals surface area contributed by atoms with Gasteiger partial charge in [-0.05, 0) is 50.4 Å². The zero-order chi connectivity index (χ0) is 12.3. The molecule has 2 rings (SSSR count).